The van der Waals surface area contributed by atoms with E-state index in [2.05, 4.69) is 5.32 Å². The van der Waals surface area contributed by atoms with Crippen molar-refractivity contribution < 1.29 is 18.3 Å². The van der Waals surface area contributed by atoms with Crippen LogP contribution in [-0.4, -0.2) is 19.6 Å². The van der Waals surface area contributed by atoms with E-state index >= 15 is 0 Å². The molecule has 0 aliphatic carbocycles. The zero-order valence-electron chi connectivity index (χ0n) is 16.2. The van der Waals surface area contributed by atoms with Crippen molar-refractivity contribution >= 4 is 12.0 Å². The SMILES string of the molecule is CCCCNC(=O)/C(C)=C/c1c(C)c(-c2ccc(OC)cc2)cc(F)c1F. The highest BCUT2D eigenvalue weighted by Crippen LogP contribution is 2.31. The number of carbonyl (C=O) groups excluding carboxylic acids is 1. The van der Waals surface area contributed by atoms with Crippen LogP contribution in [0, 0.1) is 18.6 Å². The molecule has 3 nitrogen and oxygen atoms in total. The van der Waals surface area contributed by atoms with Gasteiger partial charge in [0, 0.05) is 17.7 Å². The van der Waals surface area contributed by atoms with E-state index < -0.39 is 11.6 Å². The largest absolute Gasteiger partial charge is 0.497 e. The van der Waals surface area contributed by atoms with Gasteiger partial charge in [0.1, 0.15) is 5.75 Å². The van der Waals surface area contributed by atoms with Crippen LogP contribution in [0.15, 0.2) is 35.9 Å². The Morgan fingerprint density at radius 1 is 1.22 bits per heavy atom. The lowest BCUT2D eigenvalue weighted by molar-refractivity contribution is -0.117. The van der Waals surface area contributed by atoms with E-state index in [9.17, 15) is 13.6 Å². The summed E-state index contributed by atoms with van der Waals surface area (Å²) < 4.78 is 33.8. The molecule has 2 rings (SSSR count). The predicted molar refractivity (Wildman–Crippen MR) is 105 cm³/mol. The Balaban J connectivity index is 2.43. The van der Waals surface area contributed by atoms with Crippen LogP contribution in [0.1, 0.15) is 37.8 Å². The summed E-state index contributed by atoms with van der Waals surface area (Å²) in [5.74, 6) is -1.50. The number of carbonyl (C=O) groups is 1. The summed E-state index contributed by atoms with van der Waals surface area (Å²) in [5, 5.41) is 2.78. The molecule has 0 radical (unpaired) electrons. The monoisotopic (exact) mass is 373 g/mol. The first-order chi connectivity index (χ1) is 12.9. The second kappa shape index (κ2) is 9.31. The Morgan fingerprint density at radius 3 is 2.48 bits per heavy atom. The highest BCUT2D eigenvalue weighted by molar-refractivity contribution is 5.97. The fourth-order valence-electron chi connectivity index (χ4n) is 2.78. The summed E-state index contributed by atoms with van der Waals surface area (Å²) in [6, 6.07) is 8.28. The number of unbranched alkanes of at least 4 members (excludes halogenated alkanes) is 1. The third kappa shape index (κ3) is 4.94. The fourth-order valence-corrected chi connectivity index (χ4v) is 2.78. The summed E-state index contributed by atoms with van der Waals surface area (Å²) in [7, 11) is 1.56. The summed E-state index contributed by atoms with van der Waals surface area (Å²) >= 11 is 0. The summed E-state index contributed by atoms with van der Waals surface area (Å²) in [6.07, 6.45) is 3.24. The van der Waals surface area contributed by atoms with Gasteiger partial charge in [-0.25, -0.2) is 8.78 Å². The molecule has 0 unspecified atom stereocenters. The van der Waals surface area contributed by atoms with Crippen molar-refractivity contribution in [1.82, 2.24) is 5.32 Å². The highest BCUT2D eigenvalue weighted by atomic mass is 19.2. The van der Waals surface area contributed by atoms with Crippen LogP contribution < -0.4 is 10.1 Å². The van der Waals surface area contributed by atoms with Gasteiger partial charge in [0.15, 0.2) is 11.6 Å². The van der Waals surface area contributed by atoms with Crippen LogP contribution >= 0.6 is 0 Å². The predicted octanol–water partition coefficient (Wildman–Crippen LogP) is 5.27. The van der Waals surface area contributed by atoms with E-state index in [0.717, 1.165) is 18.4 Å². The molecule has 0 bridgehead atoms. The molecule has 0 aliphatic heterocycles. The van der Waals surface area contributed by atoms with Crippen molar-refractivity contribution in [3.63, 3.8) is 0 Å². The Labute approximate surface area is 159 Å². The minimum atomic E-state index is -0.953. The lowest BCUT2D eigenvalue weighted by atomic mass is 9.94. The van der Waals surface area contributed by atoms with Gasteiger partial charge >= 0.3 is 0 Å². The number of amides is 1. The van der Waals surface area contributed by atoms with E-state index in [1.165, 1.54) is 12.1 Å². The van der Waals surface area contributed by atoms with Crippen molar-refractivity contribution in [1.29, 1.82) is 0 Å². The second-order valence-corrected chi connectivity index (χ2v) is 6.42. The molecule has 2 aromatic carbocycles. The number of benzene rings is 2. The van der Waals surface area contributed by atoms with Gasteiger partial charge in [0.05, 0.1) is 7.11 Å². The Hall–Kier alpha value is -2.69. The van der Waals surface area contributed by atoms with Crippen molar-refractivity contribution in [3.8, 4) is 16.9 Å². The third-order valence-electron chi connectivity index (χ3n) is 4.46. The van der Waals surface area contributed by atoms with Gasteiger partial charge < -0.3 is 10.1 Å². The van der Waals surface area contributed by atoms with Gasteiger partial charge in [-0.2, -0.15) is 0 Å². The summed E-state index contributed by atoms with van der Waals surface area (Å²) in [4.78, 5) is 12.1. The molecule has 27 heavy (non-hydrogen) atoms. The molecule has 1 amide bonds. The van der Waals surface area contributed by atoms with Gasteiger partial charge in [-0.15, -0.1) is 0 Å². The standard InChI is InChI=1S/C22H25F2NO2/c1-5-6-11-25-22(26)14(2)12-19-15(3)18(13-20(23)21(19)24)16-7-9-17(27-4)10-8-16/h7-10,12-13H,5-6,11H2,1-4H3,(H,25,26)/b14-12+. The van der Waals surface area contributed by atoms with Crippen molar-refractivity contribution in [2.24, 2.45) is 0 Å². The van der Waals surface area contributed by atoms with E-state index in [0.29, 0.717) is 29.0 Å². The molecular weight excluding hydrogens is 348 g/mol. The minimum absolute atomic E-state index is 0.0870. The van der Waals surface area contributed by atoms with Crippen LogP contribution in [0.4, 0.5) is 8.78 Å². The highest BCUT2D eigenvalue weighted by Gasteiger charge is 2.17. The maximum Gasteiger partial charge on any atom is 0.246 e. The second-order valence-electron chi connectivity index (χ2n) is 6.42. The van der Waals surface area contributed by atoms with Crippen molar-refractivity contribution in [3.05, 3.63) is 58.7 Å². The van der Waals surface area contributed by atoms with E-state index in [1.54, 1.807) is 45.2 Å². The Morgan fingerprint density at radius 2 is 1.89 bits per heavy atom. The maximum atomic E-state index is 14.4. The number of hydrogen-bond donors (Lipinski definition) is 1. The molecule has 0 fully saturated rings. The first-order valence-corrected chi connectivity index (χ1v) is 8.98. The first kappa shape index (κ1) is 20.6. The molecule has 0 saturated carbocycles. The number of ether oxygens (including phenoxy) is 1. The first-order valence-electron chi connectivity index (χ1n) is 8.98. The van der Waals surface area contributed by atoms with Gasteiger partial charge in [-0.05, 0) is 61.2 Å². The topological polar surface area (TPSA) is 38.3 Å². The number of methoxy groups -OCH3 is 1. The fraction of sp³-hybridized carbons (Fsp3) is 0.318. The summed E-state index contributed by atoms with van der Waals surface area (Å²) in [6.45, 7) is 5.90. The van der Waals surface area contributed by atoms with Crippen molar-refractivity contribution in [2.45, 2.75) is 33.6 Å². The molecule has 5 heteroatoms. The normalized spacial score (nSPS) is 11.4. The molecule has 0 aromatic heterocycles. The Kier molecular flexibility index (Phi) is 7.11. The van der Waals surface area contributed by atoms with Gasteiger partial charge in [-0.1, -0.05) is 25.5 Å². The molecule has 0 atom stereocenters. The molecule has 144 valence electrons. The smallest absolute Gasteiger partial charge is 0.246 e. The molecule has 0 spiro atoms. The van der Waals surface area contributed by atoms with E-state index in [-0.39, 0.29) is 11.5 Å². The van der Waals surface area contributed by atoms with Crippen LogP contribution in [0.25, 0.3) is 17.2 Å². The van der Waals surface area contributed by atoms with Crippen LogP contribution in [0.3, 0.4) is 0 Å². The van der Waals surface area contributed by atoms with Gasteiger partial charge in [-0.3, -0.25) is 4.79 Å². The molecule has 0 heterocycles. The molecule has 0 saturated heterocycles. The summed E-state index contributed by atoms with van der Waals surface area (Å²) in [5.41, 5.74) is 2.30. The number of rotatable bonds is 7. The lowest BCUT2D eigenvalue weighted by Crippen LogP contribution is -2.24. The number of halogens is 2. The number of hydrogen-bond acceptors (Lipinski definition) is 2. The van der Waals surface area contributed by atoms with E-state index in [1.807, 2.05) is 6.92 Å². The average Bonchev–Trinajstić information content (AvgIpc) is 2.68. The van der Waals surface area contributed by atoms with Gasteiger partial charge in [0.2, 0.25) is 5.91 Å². The Bertz CT molecular complexity index is 842. The minimum Gasteiger partial charge on any atom is -0.497 e. The molecular formula is C22H25F2NO2. The average molecular weight is 373 g/mol. The van der Waals surface area contributed by atoms with Crippen molar-refractivity contribution in [2.75, 3.05) is 13.7 Å². The van der Waals surface area contributed by atoms with Crippen LogP contribution in [-0.2, 0) is 4.79 Å². The van der Waals surface area contributed by atoms with E-state index in [4.69, 9.17) is 4.74 Å². The molecule has 2 aromatic rings. The molecule has 1 N–H and O–H groups in total. The quantitative estimate of drug-likeness (QED) is 0.530. The zero-order valence-corrected chi connectivity index (χ0v) is 16.2. The lowest BCUT2D eigenvalue weighted by Gasteiger charge is -2.13. The third-order valence-corrected chi connectivity index (χ3v) is 4.46. The maximum absolute atomic E-state index is 14.4. The van der Waals surface area contributed by atoms with Gasteiger partial charge in [0.25, 0.3) is 0 Å². The molecule has 0 aliphatic rings. The van der Waals surface area contributed by atoms with Crippen LogP contribution in [0.2, 0.25) is 0 Å². The van der Waals surface area contributed by atoms with Crippen LogP contribution in [0.5, 0.6) is 5.75 Å². The number of nitrogens with one attached hydrogen (secondary N) is 1. The zero-order chi connectivity index (χ0) is 20.0.